The molecule has 6 heterocycles. The Morgan fingerprint density at radius 3 is 1.09 bits per heavy atom. The van der Waals surface area contributed by atoms with Gasteiger partial charge in [0, 0.05) is 117 Å². The van der Waals surface area contributed by atoms with Crippen molar-refractivity contribution in [1.82, 2.24) is 0 Å². The fourth-order valence-electron chi connectivity index (χ4n) is 10.3. The predicted octanol–water partition coefficient (Wildman–Crippen LogP) is 13.2. The molecule has 12 N–H and O–H groups in total. The zero-order valence-electron chi connectivity index (χ0n) is 79.4. The highest BCUT2D eigenvalue weighted by molar-refractivity contribution is 7.10. The molecule has 15 rings (SSSR count). The van der Waals surface area contributed by atoms with Crippen LogP contribution in [0.2, 0.25) is 0 Å². The smallest absolute Gasteiger partial charge is 0.331 e. The Hall–Kier alpha value is -11.2. The van der Waals surface area contributed by atoms with Gasteiger partial charge in [-0.15, -0.1) is 0 Å². The van der Waals surface area contributed by atoms with Gasteiger partial charge in [-0.3, -0.25) is 28.9 Å². The van der Waals surface area contributed by atoms with Crippen LogP contribution in [0.5, 0.6) is 51.7 Å². The van der Waals surface area contributed by atoms with Crippen molar-refractivity contribution in [3.05, 3.63) is 218 Å². The van der Waals surface area contributed by atoms with Crippen molar-refractivity contribution in [2.75, 3.05) is 239 Å². The summed E-state index contributed by atoms with van der Waals surface area (Å²) >= 11 is 0. The number of aliphatic hydroxyl groups is 5. The van der Waals surface area contributed by atoms with E-state index in [1.54, 1.807) is 100 Å². The van der Waals surface area contributed by atoms with E-state index >= 15 is 0 Å². The number of phenols is 1. The number of anilines is 9. The monoisotopic (exact) mass is 2010 g/mol. The van der Waals surface area contributed by atoms with Gasteiger partial charge in [0.25, 0.3) is 17.7 Å². The fourth-order valence-corrected chi connectivity index (χ4v) is 10.6. The number of amides is 5. The standard InChI is InChI=1S/C10H13NO2.C9H10NO3P.C9H12NO2P.3C9H11NO2.2C8H7NO2.C7H9NO.C4H8O3.2C2H6O.3CH5OP.3CH4O.5H2/c1-3-10(12)11-8-6-4-5-7-9(8)13-2;11-9-5-12-8-4-2-1-3-7(8)10(9)6-13-14;13-12-7-10-5-6-11-9-4-2-1-3-8(9)10;2*11-7-10-5-6-12-9-4-2-1-3-8(9)10;1-2-9(12)10-7-5-3-4-6-8(7)11;2*10-8-5-11-7-4-2-1-3-6(7)9-8;1-9-7-5-3-2-4-6(7)8;1-6-3-4(5)7-2;2*1-3-2;3*1-2-3;3*1-2;;;;;/h4-7H,3H2,1-2H3,(H,11,12);1-4H,5-6,14H2;1-4H,5-7,13H2;2*1-4,11H,5-7H2;3-6,11H,2H2,1H3,(H,10,12);2*1-4H,5H2,(H,9,10);2-5H,8H2,1H3;3H2,1-2H3;2*1-2H3;3*3H2,1H3;3*2H,1H3;5*1H/i;;;;;;;;;;;;;;;;;;5*1+2. The van der Waals surface area contributed by atoms with Gasteiger partial charge in [0.1, 0.15) is 105 Å². The molecule has 0 saturated carbocycles. The third kappa shape index (κ3) is 55.5. The summed E-state index contributed by atoms with van der Waals surface area (Å²) in [6.07, 6.45) is 0.881. The number of esters is 1. The van der Waals surface area contributed by atoms with Crippen LogP contribution in [0.1, 0.15) is 33.8 Å². The molecule has 9 aromatic rings. The lowest BCUT2D eigenvalue weighted by Gasteiger charge is -2.30. The minimum absolute atomic E-state index is 0. The van der Waals surface area contributed by atoms with Crippen molar-refractivity contribution in [3.63, 3.8) is 0 Å². The molecule has 5 atom stereocenters. The topological polar surface area (TPSA) is 468 Å². The largest absolute Gasteiger partial charge is 0.506 e. The third-order valence-corrected chi connectivity index (χ3v) is 16.2. The molecule has 0 aliphatic carbocycles. The number of carbonyl (C=O) groups excluding carboxylic acids is 6. The van der Waals surface area contributed by atoms with Crippen molar-refractivity contribution in [2.24, 2.45) is 0 Å². The van der Waals surface area contributed by atoms with Gasteiger partial charge in [0.15, 0.2) is 19.8 Å². The number of carbonyl (C=O) groups is 6. The van der Waals surface area contributed by atoms with E-state index in [0.717, 1.165) is 122 Å². The van der Waals surface area contributed by atoms with Crippen molar-refractivity contribution in [2.45, 2.75) is 26.7 Å². The first-order valence-electron chi connectivity index (χ1n) is 40.6. The number of benzene rings is 9. The lowest BCUT2D eigenvalue weighted by atomic mass is 10.2. The number of nitrogens with zero attached hydrogens (tertiary/aromatic N) is 4. The van der Waals surface area contributed by atoms with E-state index in [-0.39, 0.29) is 95.0 Å². The van der Waals surface area contributed by atoms with Crippen molar-refractivity contribution in [3.8, 4) is 51.7 Å². The summed E-state index contributed by atoms with van der Waals surface area (Å²) in [6.45, 7) is 9.28. The van der Waals surface area contributed by atoms with Gasteiger partial charge < -0.3 is 152 Å². The Balaban J connectivity index is -0.000000225. The second kappa shape index (κ2) is 85.7. The first kappa shape index (κ1) is 128. The number of methoxy groups -OCH3 is 6. The number of ether oxygens (including phenoxy) is 12. The summed E-state index contributed by atoms with van der Waals surface area (Å²) < 4.78 is 81.4. The molecule has 9 aromatic carbocycles. The van der Waals surface area contributed by atoms with Crippen LogP contribution in [0.3, 0.4) is 0 Å². The normalized spacial score (nSPS) is 11.7. The van der Waals surface area contributed by atoms with Crippen molar-refractivity contribution < 1.29 is 146 Å². The average Bonchev–Trinajstić information content (AvgIpc) is 0.793. The maximum Gasteiger partial charge on any atom is 0.331 e. The molecule has 135 heavy (non-hydrogen) atoms. The Morgan fingerprint density at radius 1 is 0.415 bits per heavy atom. The first-order chi connectivity index (χ1) is 65.5. The predicted molar refractivity (Wildman–Crippen MR) is 555 cm³/mol. The minimum atomic E-state index is -0.345. The van der Waals surface area contributed by atoms with E-state index in [1.807, 2.05) is 205 Å². The molecule has 0 bridgehead atoms. The average molecular weight is 2010 g/mol. The van der Waals surface area contributed by atoms with Gasteiger partial charge in [-0.25, -0.2) is 4.79 Å². The summed E-state index contributed by atoms with van der Waals surface area (Å²) in [6, 6.07) is 67.0. The van der Waals surface area contributed by atoms with Gasteiger partial charge in [-0.1, -0.05) is 123 Å². The molecule has 0 saturated heterocycles. The molecule has 760 valence electrons. The molecule has 5 unspecified atom stereocenters. The van der Waals surface area contributed by atoms with Crippen LogP contribution in [-0.2, 0) is 70.3 Å². The molecule has 0 fully saturated rings. The highest BCUT2D eigenvalue weighted by Crippen LogP contribution is 2.35. The van der Waals surface area contributed by atoms with E-state index in [1.165, 1.54) is 20.3 Å². The van der Waals surface area contributed by atoms with Gasteiger partial charge >= 0.3 is 5.97 Å². The summed E-state index contributed by atoms with van der Waals surface area (Å²) in [5.74, 6) is 5.64. The molecule has 6 aliphatic heterocycles. The first-order valence-corrected chi connectivity index (χ1v) is 43.0. The number of nitrogens with one attached hydrogen (secondary N) is 4. The number of nitrogen functional groups attached to an aromatic ring is 1. The van der Waals surface area contributed by atoms with E-state index in [0.29, 0.717) is 55.7 Å². The van der Waals surface area contributed by atoms with Crippen LogP contribution in [-0.4, -0.2) is 258 Å². The van der Waals surface area contributed by atoms with Gasteiger partial charge in [0.05, 0.1) is 92.2 Å². The maximum absolute atomic E-state index is 11.5. The molecule has 0 aromatic heterocycles. The van der Waals surface area contributed by atoms with Gasteiger partial charge in [0.2, 0.25) is 11.8 Å². The zero-order valence-corrected chi connectivity index (χ0v) is 85.2. The number of fused-ring (bicyclic) bond motifs is 6. The van der Waals surface area contributed by atoms with Gasteiger partial charge in [-0.05, 0) is 138 Å². The van der Waals surface area contributed by atoms with E-state index < -0.39 is 0 Å². The van der Waals surface area contributed by atoms with E-state index in [9.17, 15) is 33.9 Å². The van der Waals surface area contributed by atoms with E-state index in [2.05, 4.69) is 106 Å². The second-order valence-corrected chi connectivity index (χ2v) is 27.2. The van der Waals surface area contributed by atoms with Crippen LogP contribution < -0.4 is 84.5 Å². The molecule has 5 amide bonds. The molecule has 43 heteroatoms. The maximum atomic E-state index is 11.5. The van der Waals surface area contributed by atoms with Crippen LogP contribution in [0, 0.1) is 0 Å². The highest BCUT2D eigenvalue weighted by atomic mass is 31.0. The number of phenolic OH excluding ortho intramolecular Hbond substituents is 1. The van der Waals surface area contributed by atoms with Crippen LogP contribution in [0.4, 0.5) is 51.2 Å². The number of rotatable bonds is 14. The van der Waals surface area contributed by atoms with Gasteiger partial charge in [-0.2, -0.15) is 0 Å². The summed E-state index contributed by atoms with van der Waals surface area (Å²) in [4.78, 5) is 72.6. The SMILES string of the molecule is CCC(=O)Nc1ccccc1O.CCC(=O)Nc1ccccc1OC.CO.CO.CO.COC.COC.COCC(=O)OC.COP.COP.COP.COc1ccccc1N.O=C1COc2ccccc2N1.O=C1COc2ccccc2N1.O=C1COc2ccccc2N1COP.OCN1CCOc2ccccc21.OCN1CCOc2ccccc21.POCN1CCOc2ccccc21.[3HH].[3HH].[3HH].[3HH].[3HH]. The molecule has 0 spiro atoms. The van der Waals surface area contributed by atoms with Crippen molar-refractivity contribution in [1.29, 1.82) is 0 Å². The summed E-state index contributed by atoms with van der Waals surface area (Å²) in [7, 11) is 30.8. The minimum Gasteiger partial charge on any atom is -0.506 e. The number of hydrogen-bond acceptors (Lipinski definition) is 33. The molecule has 6 aliphatic rings. The summed E-state index contributed by atoms with van der Waals surface area (Å²) in [5, 5.41) is 59.0. The quantitative estimate of drug-likeness (QED) is 0.0208. The van der Waals surface area contributed by atoms with Crippen LogP contribution in [0.15, 0.2) is 218 Å². The Labute approximate surface area is 812 Å². The molecule has 38 nitrogen and oxygen atoms in total. The summed E-state index contributed by atoms with van der Waals surface area (Å²) in [5.41, 5.74) is 12.7. The fraction of sp³-hybridized carbons (Fsp3) is 0.348. The number of aliphatic hydroxyl groups excluding tert-OH is 5. The molecule has 0 radical (unpaired) electrons. The second-order valence-electron chi connectivity index (χ2n) is 25.2. The highest BCUT2D eigenvalue weighted by Gasteiger charge is 2.25. The number of nitrogens with two attached hydrogens (primary N) is 1. The number of aromatic hydroxyl groups is 1. The Bertz CT molecular complexity index is 4470. The Kier molecular flexibility index (Phi) is 81.3. The lowest BCUT2D eigenvalue weighted by molar-refractivity contribution is -0.144. The number of para-hydroxylation sites is 18. The third-order valence-electron chi connectivity index (χ3n) is 15.9. The Morgan fingerprint density at radius 2 is 0.733 bits per heavy atom. The zero-order chi connectivity index (χ0) is 102. The molecular formula is C92H148N9O29P5. The molecular weight excluding hydrogens is 1850 g/mol. The van der Waals surface area contributed by atoms with Crippen LogP contribution in [0.25, 0.3) is 0 Å². The number of hydrogen-bond donors (Lipinski definition) is 11. The van der Waals surface area contributed by atoms with Crippen LogP contribution >= 0.6 is 47.3 Å². The van der Waals surface area contributed by atoms with Crippen molar-refractivity contribution >= 4 is 134 Å². The lowest BCUT2D eigenvalue weighted by Crippen LogP contribution is -2.39. The van der Waals surface area contributed by atoms with E-state index in [4.69, 9.17) is 78.2 Å².